The van der Waals surface area contributed by atoms with Gasteiger partial charge in [-0.3, -0.25) is 24.6 Å². The maximum atomic E-state index is 13.4. The summed E-state index contributed by atoms with van der Waals surface area (Å²) in [5, 5.41) is 14.5. The number of carbonyl (C=O) groups is 5. The molecule has 0 unspecified atom stereocenters. The van der Waals surface area contributed by atoms with Crippen LogP contribution in [0.1, 0.15) is 93.5 Å². The number of urea groups is 1. The van der Waals surface area contributed by atoms with Crippen LogP contribution in [0.3, 0.4) is 0 Å². The largest absolute Gasteiger partial charge is 0.744 e. The highest BCUT2D eigenvalue weighted by Gasteiger charge is 2.47. The number of rotatable bonds is 35. The van der Waals surface area contributed by atoms with E-state index in [9.17, 15) is 49.9 Å². The number of nitrogen functional groups attached to an aromatic ring is 1. The Morgan fingerprint density at radius 3 is 2.17 bits per heavy atom. The molecule has 0 bridgehead atoms. The highest BCUT2D eigenvalue weighted by molar-refractivity contribution is 8.00. The van der Waals surface area contributed by atoms with E-state index in [0.29, 0.717) is 101 Å². The molecule has 80 heavy (non-hydrogen) atoms. The summed E-state index contributed by atoms with van der Waals surface area (Å²) in [7, 11) is -10.6. The van der Waals surface area contributed by atoms with Crippen molar-refractivity contribution < 1.29 is 78.7 Å². The number of thioether (sulfide) groups is 1. The van der Waals surface area contributed by atoms with Crippen molar-refractivity contribution in [2.45, 2.75) is 112 Å². The number of fused-ring (bicyclic) bond motifs is 3. The highest BCUT2D eigenvalue weighted by Crippen LogP contribution is 2.45. The van der Waals surface area contributed by atoms with Crippen molar-refractivity contribution in [1.29, 1.82) is 0 Å². The molecule has 2 aromatic carbocycles. The predicted molar refractivity (Wildman–Crippen MR) is 295 cm³/mol. The Hall–Kier alpha value is -5.95. The molecule has 0 spiro atoms. The first kappa shape index (κ1) is 63.2. The molecule has 25 heteroatoms. The number of terminal acetylenes is 1. The average molecular weight is 1170 g/mol. The summed E-state index contributed by atoms with van der Waals surface area (Å²) in [6, 6.07) is 10.2. The maximum Gasteiger partial charge on any atom is 0.318 e. The molecule has 2 saturated heterocycles. The topological polar surface area (TPSA) is 341 Å². The van der Waals surface area contributed by atoms with Crippen LogP contribution in [-0.4, -0.2) is 156 Å². The van der Waals surface area contributed by atoms with Crippen LogP contribution in [0.15, 0.2) is 56.7 Å². The summed E-state index contributed by atoms with van der Waals surface area (Å²) in [6.45, 7) is 7.29. The molecule has 2 aromatic rings. The molecule has 436 valence electrons. The number of anilines is 1. The molecule has 2 fully saturated rings. The molecular formula is C55H71N6O16S3-. The quantitative estimate of drug-likeness (QED) is 0.0110. The lowest BCUT2D eigenvalue weighted by Crippen LogP contribution is -2.47. The summed E-state index contributed by atoms with van der Waals surface area (Å²) in [4.78, 5) is 63.8. The van der Waals surface area contributed by atoms with Gasteiger partial charge >= 0.3 is 6.03 Å². The van der Waals surface area contributed by atoms with E-state index < -0.39 is 64.2 Å². The van der Waals surface area contributed by atoms with E-state index >= 15 is 0 Å². The van der Waals surface area contributed by atoms with Crippen molar-refractivity contribution in [1.82, 2.24) is 20.9 Å². The zero-order valence-electron chi connectivity index (χ0n) is 45.1. The minimum absolute atomic E-state index is 0.00358. The number of benzene rings is 3. The van der Waals surface area contributed by atoms with Gasteiger partial charge in [0.1, 0.15) is 36.7 Å². The van der Waals surface area contributed by atoms with Crippen LogP contribution in [0, 0.1) is 25.2 Å². The smallest absolute Gasteiger partial charge is 0.318 e. The van der Waals surface area contributed by atoms with Gasteiger partial charge in [-0.05, 0) is 87.4 Å². The van der Waals surface area contributed by atoms with E-state index in [4.69, 9.17) is 40.9 Å². The molecular weight excluding hydrogens is 1100 g/mol. The molecule has 3 aliphatic heterocycles. The molecule has 0 saturated carbocycles. The van der Waals surface area contributed by atoms with Gasteiger partial charge in [-0.2, -0.15) is 11.8 Å². The lowest BCUT2D eigenvalue weighted by atomic mass is 9.90. The molecule has 7 N–H and O–H groups in total. The van der Waals surface area contributed by atoms with Crippen molar-refractivity contribution >= 4 is 78.1 Å². The fraction of sp³-hybridized carbons (Fsp3) is 0.527. The van der Waals surface area contributed by atoms with E-state index in [1.807, 2.05) is 23.6 Å². The lowest BCUT2D eigenvalue weighted by Gasteiger charge is -2.26. The Morgan fingerprint density at radius 2 is 1.51 bits per heavy atom. The molecule has 0 radical (unpaired) electrons. The van der Waals surface area contributed by atoms with Crippen LogP contribution >= 0.6 is 11.8 Å². The molecule has 6 rings (SSSR count). The number of nitrogens with zero attached hydrogens (tertiary/aromatic N) is 1. The standard InChI is InChI=1S/C55H72N6O16S3/c1-4-22-58-53(64)36(33-39(63)21-25-74-27-29-76-31-30-75-28-26-73-24-10-13-38(62)12-6-7-14-46-48-45(34-78-46)60-55(66)61(48)5-2)11-8-9-23-59-54(65)37-15-16-40(35(3)32-37)47-41-17-19-43(56)51(79(67,68)69)49(41)77-50-42(47)18-20-44(57)52(50)80(70,71)72/h1,15-20,32,36,45-46,48,56H,5-14,21-31,33-34,57H2,2-3H3,(H,58,64)(H,59,65)(H,60,66)(H,67,68,69)(H,70,71,72)/p-1/t36-,45+,46+,48+/m1/s1. The number of ether oxygens (including phenoxy) is 4. The third kappa shape index (κ3) is 17.3. The number of Topliss-reactive ketones (excluding diaryl/α,β-unsaturated/α-hetero) is 2. The fourth-order valence-corrected chi connectivity index (χ4v) is 13.1. The Bertz CT molecular complexity index is 3150. The van der Waals surface area contributed by atoms with Gasteiger partial charge < -0.3 is 59.1 Å². The maximum absolute atomic E-state index is 13.4. The number of likely N-dealkylation sites (N-methyl/N-ethyl adjacent to an activating group) is 1. The molecule has 1 aliphatic carbocycles. The number of aryl methyl sites for hydroxylation is 1. The number of ketones is 2. The number of amides is 4. The minimum Gasteiger partial charge on any atom is -0.744 e. The molecule has 4 amide bonds. The summed E-state index contributed by atoms with van der Waals surface area (Å²) in [5.74, 6) is 1.33. The van der Waals surface area contributed by atoms with Gasteiger partial charge in [-0.1, -0.05) is 24.8 Å². The summed E-state index contributed by atoms with van der Waals surface area (Å²) < 4.78 is 103. The van der Waals surface area contributed by atoms with E-state index in [0.717, 1.165) is 25.0 Å². The van der Waals surface area contributed by atoms with Crippen molar-refractivity contribution in [2.75, 3.05) is 84.0 Å². The van der Waals surface area contributed by atoms with Crippen molar-refractivity contribution in [3.05, 3.63) is 58.9 Å². The number of nitrogens with two attached hydrogens (primary N) is 2. The zero-order valence-corrected chi connectivity index (χ0v) is 47.5. The van der Waals surface area contributed by atoms with Gasteiger partial charge in [-0.25, -0.2) is 21.6 Å². The van der Waals surface area contributed by atoms with Gasteiger partial charge in [0.25, 0.3) is 5.91 Å². The van der Waals surface area contributed by atoms with E-state index in [1.165, 1.54) is 36.4 Å². The van der Waals surface area contributed by atoms with Crippen LogP contribution in [0.4, 0.5) is 10.5 Å². The van der Waals surface area contributed by atoms with Crippen LogP contribution in [0.25, 0.3) is 33.4 Å². The number of nitrogens with one attached hydrogen (secondary N) is 3. The first-order valence-corrected chi connectivity index (χ1v) is 30.6. The lowest BCUT2D eigenvalue weighted by molar-refractivity contribution is -0.176. The Labute approximate surface area is 470 Å². The number of unbranched alkanes of at least 4 members (excludes halogenated alkanes) is 2. The normalized spacial score (nSPS) is 16.6. The second kappa shape index (κ2) is 30.2. The monoisotopic (exact) mass is 1170 g/mol. The van der Waals surface area contributed by atoms with E-state index in [1.54, 1.807) is 13.0 Å². The zero-order chi connectivity index (χ0) is 58.0. The molecule has 0 aromatic heterocycles. The average Bonchev–Trinajstić information content (AvgIpc) is 4.00. The predicted octanol–water partition coefficient (Wildman–Crippen LogP) is 3.05. The minimum atomic E-state index is -5.31. The van der Waals surface area contributed by atoms with Crippen LogP contribution < -0.4 is 32.5 Å². The van der Waals surface area contributed by atoms with Gasteiger partial charge in [-0.15, -0.1) is 6.42 Å². The third-order valence-electron chi connectivity index (χ3n) is 13.9. The van der Waals surface area contributed by atoms with Gasteiger partial charge in [0.15, 0.2) is 16.2 Å². The van der Waals surface area contributed by atoms with E-state index in [-0.39, 0.29) is 96.8 Å². The summed E-state index contributed by atoms with van der Waals surface area (Å²) in [5.41, 5.74) is 6.11. The number of hydrogen-bond acceptors (Lipinski definition) is 18. The highest BCUT2D eigenvalue weighted by atomic mass is 32.2. The van der Waals surface area contributed by atoms with Crippen molar-refractivity contribution in [3.8, 4) is 34.8 Å². The van der Waals surface area contributed by atoms with Crippen LogP contribution in [-0.2, 0) is 53.6 Å². The van der Waals surface area contributed by atoms with Gasteiger partial charge in [0, 0.05) is 90.4 Å². The fourth-order valence-electron chi connectivity index (χ4n) is 10.0. The van der Waals surface area contributed by atoms with Crippen molar-refractivity contribution in [2.24, 2.45) is 5.92 Å². The number of carbonyl (C=O) groups excluding carboxylic acids is 5. The van der Waals surface area contributed by atoms with Gasteiger partial charge in [0.05, 0.1) is 70.6 Å². The molecule has 4 atom stereocenters. The summed E-state index contributed by atoms with van der Waals surface area (Å²) in [6.07, 6.45) is 11.3. The van der Waals surface area contributed by atoms with Crippen LogP contribution in [0.5, 0.6) is 0 Å². The second-order valence-electron chi connectivity index (χ2n) is 19.5. The van der Waals surface area contributed by atoms with E-state index in [2.05, 4.69) is 21.9 Å². The van der Waals surface area contributed by atoms with Gasteiger partial charge in [0.2, 0.25) is 11.3 Å². The SMILES string of the molecule is C#CCNC(=O)[C@H](CCCCNC(=O)c1ccc(-c2c3ccc(=[NH2+])c(S(=O)(=O)[O-])c-3oc3c(S(=O)(=O)[O-])c(N)ccc23)c(C)c1)CC(=O)CCOCCOCCOCCOCCCC(=O)CCCC[C@@H]1SC[C@@H]2NC(=O)N(CC)[C@@H]21. The second-order valence-corrected chi connectivity index (χ2v) is 23.4. The molecule has 22 nitrogen and oxygen atoms in total. The van der Waals surface area contributed by atoms with Crippen molar-refractivity contribution in [3.63, 3.8) is 0 Å². The molecule has 4 aliphatic rings. The number of hydrogen-bond donors (Lipinski definition) is 5. The Balaban J connectivity index is 0.842. The Morgan fingerprint density at radius 1 is 0.850 bits per heavy atom. The Kier molecular flexibility index (Phi) is 23.9. The first-order valence-electron chi connectivity index (χ1n) is 26.7. The first-order chi connectivity index (χ1) is 38.2. The molecule has 3 heterocycles. The summed E-state index contributed by atoms with van der Waals surface area (Å²) >= 11 is 1.92. The van der Waals surface area contributed by atoms with Crippen LogP contribution in [0.2, 0.25) is 0 Å². The third-order valence-corrected chi connectivity index (χ3v) is 17.2.